The van der Waals surface area contributed by atoms with E-state index in [-0.39, 0.29) is 17.6 Å². The van der Waals surface area contributed by atoms with Crippen LogP contribution in [0.15, 0.2) is 70.9 Å². The molecule has 1 aliphatic heterocycles. The maximum atomic E-state index is 13.4. The van der Waals surface area contributed by atoms with Crippen molar-refractivity contribution < 1.29 is 14.3 Å². The number of carbonyl (C=O) groups excluding carboxylic acids is 2. The van der Waals surface area contributed by atoms with Gasteiger partial charge in [-0.2, -0.15) is 0 Å². The Bertz CT molecular complexity index is 1020. The zero-order valence-corrected chi connectivity index (χ0v) is 17.7. The van der Waals surface area contributed by atoms with Gasteiger partial charge in [-0.25, -0.2) is 4.79 Å². The van der Waals surface area contributed by atoms with Gasteiger partial charge in [-0.05, 0) is 42.4 Å². The number of rotatable bonds is 4. The number of ether oxygens (including phenoxy) is 1. The van der Waals surface area contributed by atoms with Crippen molar-refractivity contribution in [1.29, 1.82) is 0 Å². The van der Waals surface area contributed by atoms with E-state index >= 15 is 0 Å². The van der Waals surface area contributed by atoms with Crippen LogP contribution in [-0.2, 0) is 20.7 Å². The number of Topliss-reactive ketones (excluding diaryl/α,β-unsaturated/α-hetero) is 1. The number of aliphatic imine (C=N–C) groups is 1. The minimum absolute atomic E-state index is 0.129. The molecule has 0 N–H and O–H groups in total. The number of methoxy groups -OCH3 is 1. The van der Waals surface area contributed by atoms with E-state index in [2.05, 4.69) is 31.2 Å². The average molecular weight is 402 g/mol. The van der Waals surface area contributed by atoms with E-state index in [0.29, 0.717) is 17.7 Å². The highest BCUT2D eigenvalue weighted by atomic mass is 16.5. The van der Waals surface area contributed by atoms with Crippen LogP contribution in [0, 0.1) is 5.92 Å². The van der Waals surface area contributed by atoms with Crippen LogP contribution in [0.1, 0.15) is 55.2 Å². The summed E-state index contributed by atoms with van der Waals surface area (Å²) in [5.74, 6) is -0.884. The number of carbonyl (C=O) groups is 2. The maximum Gasteiger partial charge on any atom is 0.336 e. The molecule has 4 rings (SSSR count). The molecule has 2 aromatic rings. The quantitative estimate of drug-likeness (QED) is 0.678. The smallest absolute Gasteiger partial charge is 0.336 e. The molecule has 4 nitrogen and oxygen atoms in total. The van der Waals surface area contributed by atoms with Crippen LogP contribution < -0.4 is 0 Å². The van der Waals surface area contributed by atoms with Crippen LogP contribution in [0.5, 0.6) is 0 Å². The first-order valence-electron chi connectivity index (χ1n) is 10.6. The molecule has 1 unspecified atom stereocenters. The van der Waals surface area contributed by atoms with Gasteiger partial charge in [-0.15, -0.1) is 0 Å². The number of esters is 1. The Morgan fingerprint density at radius 2 is 1.70 bits per heavy atom. The van der Waals surface area contributed by atoms with Gasteiger partial charge in [0.2, 0.25) is 0 Å². The number of aryl methyl sites for hydroxylation is 1. The Kier molecular flexibility index (Phi) is 5.67. The van der Waals surface area contributed by atoms with Crippen LogP contribution >= 0.6 is 0 Å². The highest BCUT2D eigenvalue weighted by molar-refractivity contribution is 6.12. The molecule has 0 saturated heterocycles. The number of hydrogen-bond donors (Lipinski definition) is 0. The number of fused-ring (bicyclic) bond motifs is 1. The van der Waals surface area contributed by atoms with Gasteiger partial charge in [0.25, 0.3) is 0 Å². The monoisotopic (exact) mass is 401 g/mol. The molecule has 4 heteroatoms. The summed E-state index contributed by atoms with van der Waals surface area (Å²) in [6.45, 7) is 3.96. The van der Waals surface area contributed by atoms with Crippen LogP contribution in [0.2, 0.25) is 0 Å². The molecule has 0 bridgehead atoms. The lowest BCUT2D eigenvalue weighted by Gasteiger charge is -2.38. The normalized spacial score (nSPS) is 23.6. The molecule has 3 atom stereocenters. The van der Waals surface area contributed by atoms with Crippen LogP contribution in [-0.4, -0.2) is 24.6 Å². The summed E-state index contributed by atoms with van der Waals surface area (Å²) in [5, 5.41) is 0. The predicted octanol–water partition coefficient (Wildman–Crippen LogP) is 5.00. The summed E-state index contributed by atoms with van der Waals surface area (Å²) in [6, 6.07) is 18.4. The minimum atomic E-state index is -0.407. The van der Waals surface area contributed by atoms with Gasteiger partial charge < -0.3 is 4.74 Å². The Morgan fingerprint density at radius 3 is 2.33 bits per heavy atom. The van der Waals surface area contributed by atoms with Crippen LogP contribution in [0.25, 0.3) is 0 Å². The topological polar surface area (TPSA) is 55.7 Å². The second-order valence-electron chi connectivity index (χ2n) is 8.13. The van der Waals surface area contributed by atoms with Gasteiger partial charge in [0.05, 0.1) is 18.6 Å². The number of hydrogen-bond acceptors (Lipinski definition) is 4. The van der Waals surface area contributed by atoms with Crippen molar-refractivity contribution in [2.24, 2.45) is 10.9 Å². The van der Waals surface area contributed by atoms with Crippen molar-refractivity contribution in [2.45, 2.75) is 44.9 Å². The third-order valence-corrected chi connectivity index (χ3v) is 6.38. The molecule has 1 heterocycles. The summed E-state index contributed by atoms with van der Waals surface area (Å²) in [4.78, 5) is 30.9. The van der Waals surface area contributed by atoms with Crippen molar-refractivity contribution in [3.8, 4) is 0 Å². The summed E-state index contributed by atoms with van der Waals surface area (Å²) in [6.07, 6.45) is 2.14. The third-order valence-electron chi connectivity index (χ3n) is 6.38. The van der Waals surface area contributed by atoms with E-state index < -0.39 is 11.9 Å². The van der Waals surface area contributed by atoms with E-state index in [4.69, 9.17) is 9.73 Å². The molecular formula is C26H27NO3. The van der Waals surface area contributed by atoms with E-state index in [1.54, 1.807) is 0 Å². The number of nitrogens with zero attached hydrogens (tertiary/aromatic N) is 1. The van der Waals surface area contributed by atoms with Gasteiger partial charge in [-0.3, -0.25) is 9.79 Å². The molecule has 1 saturated carbocycles. The number of ketones is 1. The fourth-order valence-corrected chi connectivity index (χ4v) is 4.83. The maximum absolute atomic E-state index is 13.4. The van der Waals surface area contributed by atoms with Crippen molar-refractivity contribution in [2.75, 3.05) is 7.11 Å². The summed E-state index contributed by atoms with van der Waals surface area (Å²) < 4.78 is 5.08. The van der Waals surface area contributed by atoms with Gasteiger partial charge >= 0.3 is 5.97 Å². The van der Waals surface area contributed by atoms with Gasteiger partial charge in [0.1, 0.15) is 5.78 Å². The number of allylic oxidation sites excluding steroid dienone is 1. The molecular weight excluding hydrogens is 374 g/mol. The molecule has 2 aromatic carbocycles. The Hall–Kier alpha value is -3.01. The summed E-state index contributed by atoms with van der Waals surface area (Å²) in [7, 11) is 1.38. The minimum Gasteiger partial charge on any atom is -0.466 e. The zero-order chi connectivity index (χ0) is 21.3. The average Bonchev–Trinajstić information content (AvgIpc) is 2.78. The van der Waals surface area contributed by atoms with Crippen molar-refractivity contribution in [3.63, 3.8) is 0 Å². The third kappa shape index (κ3) is 3.62. The van der Waals surface area contributed by atoms with Crippen molar-refractivity contribution in [3.05, 3.63) is 82.6 Å². The van der Waals surface area contributed by atoms with E-state index in [1.807, 2.05) is 37.3 Å². The van der Waals surface area contributed by atoms with Gasteiger partial charge in [-0.1, -0.05) is 61.5 Å². The summed E-state index contributed by atoms with van der Waals surface area (Å²) >= 11 is 0. The van der Waals surface area contributed by atoms with Gasteiger partial charge in [0, 0.05) is 23.7 Å². The molecule has 0 spiro atoms. The molecule has 0 radical (unpaired) electrons. The highest BCUT2D eigenvalue weighted by Gasteiger charge is 2.45. The van der Waals surface area contributed by atoms with Crippen molar-refractivity contribution >= 4 is 17.5 Å². The van der Waals surface area contributed by atoms with Crippen molar-refractivity contribution in [1.82, 2.24) is 0 Å². The summed E-state index contributed by atoms with van der Waals surface area (Å²) in [5.41, 5.74) is 5.39. The number of benzene rings is 2. The SMILES string of the molecule is CCc1ccc([C@H]2C(C(=O)OC)=C(C)N=C3C[C@H](c4ccccc4)CC(=O)C32)cc1. The molecule has 1 fully saturated rings. The Morgan fingerprint density at radius 1 is 1.00 bits per heavy atom. The molecule has 0 aromatic heterocycles. The van der Waals surface area contributed by atoms with Crippen LogP contribution in [0.4, 0.5) is 0 Å². The molecule has 1 aliphatic carbocycles. The van der Waals surface area contributed by atoms with Crippen LogP contribution in [0.3, 0.4) is 0 Å². The van der Waals surface area contributed by atoms with Gasteiger partial charge in [0.15, 0.2) is 0 Å². The first kappa shape index (κ1) is 20.3. The predicted molar refractivity (Wildman–Crippen MR) is 118 cm³/mol. The molecule has 0 amide bonds. The standard InChI is InChI=1S/C26H27NO3/c1-4-17-10-12-19(13-11-17)24-23(26(29)30-3)16(2)27-21-14-20(15-22(28)25(21)24)18-8-6-5-7-9-18/h5-13,20,24-25H,4,14-15H2,1-3H3/t20-,24-,25?/m0/s1. The molecule has 30 heavy (non-hydrogen) atoms. The van der Waals surface area contributed by atoms with E-state index in [9.17, 15) is 9.59 Å². The van der Waals surface area contributed by atoms with E-state index in [0.717, 1.165) is 29.7 Å². The zero-order valence-electron chi connectivity index (χ0n) is 17.7. The lowest BCUT2D eigenvalue weighted by Crippen LogP contribution is -2.41. The lowest BCUT2D eigenvalue weighted by atomic mass is 9.66. The Labute approximate surface area is 177 Å². The largest absolute Gasteiger partial charge is 0.466 e. The first-order chi connectivity index (χ1) is 14.5. The first-order valence-corrected chi connectivity index (χ1v) is 10.6. The Balaban J connectivity index is 1.78. The molecule has 2 aliphatic rings. The fraction of sp³-hybridized carbons (Fsp3) is 0.346. The lowest BCUT2D eigenvalue weighted by molar-refractivity contribution is -0.136. The molecule has 154 valence electrons. The highest BCUT2D eigenvalue weighted by Crippen LogP contribution is 2.45. The second kappa shape index (κ2) is 8.39. The fourth-order valence-electron chi connectivity index (χ4n) is 4.83. The second-order valence-corrected chi connectivity index (χ2v) is 8.13. The van der Waals surface area contributed by atoms with E-state index in [1.165, 1.54) is 12.7 Å².